The summed E-state index contributed by atoms with van der Waals surface area (Å²) in [5.41, 5.74) is 1.21. The lowest BCUT2D eigenvalue weighted by molar-refractivity contribution is 0.305. The zero-order chi connectivity index (χ0) is 14.1. The molecule has 0 saturated carbocycles. The van der Waals surface area contributed by atoms with Crippen molar-refractivity contribution in [2.75, 3.05) is 13.2 Å². The Hall–Kier alpha value is -0.800. The van der Waals surface area contributed by atoms with Gasteiger partial charge in [0.25, 0.3) is 0 Å². The molecule has 0 fully saturated rings. The van der Waals surface area contributed by atoms with Gasteiger partial charge in [0.2, 0.25) is 0 Å². The summed E-state index contributed by atoms with van der Waals surface area (Å²) in [5, 5.41) is 3.50. The highest BCUT2D eigenvalue weighted by Gasteiger charge is 2.11. The molecule has 0 spiro atoms. The maximum absolute atomic E-state index is 5.89. The second kappa shape index (κ2) is 9.16. The number of nitrogens with one attached hydrogen (secondary N) is 1. The Morgan fingerprint density at radius 1 is 1.47 bits per heavy atom. The zero-order valence-electron chi connectivity index (χ0n) is 11.9. The highest BCUT2D eigenvalue weighted by molar-refractivity contribution is 9.10. The maximum atomic E-state index is 5.89. The Balaban J connectivity index is 2.70. The summed E-state index contributed by atoms with van der Waals surface area (Å²) in [6.45, 7) is 9.83. The van der Waals surface area contributed by atoms with Gasteiger partial charge in [-0.2, -0.15) is 0 Å². The van der Waals surface area contributed by atoms with E-state index in [0.29, 0.717) is 6.04 Å². The van der Waals surface area contributed by atoms with Crippen molar-refractivity contribution in [3.8, 4) is 5.75 Å². The van der Waals surface area contributed by atoms with E-state index in [0.717, 1.165) is 42.6 Å². The van der Waals surface area contributed by atoms with Crippen LogP contribution in [0, 0.1) is 0 Å². The normalized spacial score (nSPS) is 12.2. The van der Waals surface area contributed by atoms with Crippen molar-refractivity contribution in [2.45, 2.75) is 39.2 Å². The summed E-state index contributed by atoms with van der Waals surface area (Å²) in [5.74, 6) is 0.975. The first kappa shape index (κ1) is 16.3. The van der Waals surface area contributed by atoms with Gasteiger partial charge < -0.3 is 10.1 Å². The molecule has 0 radical (unpaired) electrons. The van der Waals surface area contributed by atoms with E-state index < -0.39 is 0 Å². The minimum atomic E-state index is 0.298. The van der Waals surface area contributed by atoms with Crippen molar-refractivity contribution < 1.29 is 4.74 Å². The molecule has 1 N–H and O–H groups in total. The molecule has 0 aliphatic heterocycles. The van der Waals surface area contributed by atoms with Crippen LogP contribution in [-0.4, -0.2) is 13.2 Å². The summed E-state index contributed by atoms with van der Waals surface area (Å²) in [7, 11) is 0. The van der Waals surface area contributed by atoms with Gasteiger partial charge in [0.05, 0.1) is 6.61 Å². The van der Waals surface area contributed by atoms with Crippen molar-refractivity contribution in [1.29, 1.82) is 0 Å². The van der Waals surface area contributed by atoms with Crippen LogP contribution in [0.3, 0.4) is 0 Å². The first-order valence-electron chi connectivity index (χ1n) is 6.95. The number of halogens is 1. The number of unbranched alkanes of at least 4 members (excludes halogenated alkanes) is 1. The van der Waals surface area contributed by atoms with Gasteiger partial charge in [0.15, 0.2) is 0 Å². The van der Waals surface area contributed by atoms with Crippen LogP contribution in [0.4, 0.5) is 0 Å². The SMILES string of the molecule is C=CCCCOc1ccc(Br)cc1C(C)NCCC. The van der Waals surface area contributed by atoms with Crippen LogP contribution in [0.25, 0.3) is 0 Å². The quantitative estimate of drug-likeness (QED) is 0.517. The van der Waals surface area contributed by atoms with Gasteiger partial charge in [0.1, 0.15) is 5.75 Å². The van der Waals surface area contributed by atoms with Crippen LogP contribution in [0.15, 0.2) is 35.3 Å². The monoisotopic (exact) mass is 325 g/mol. The molecule has 1 atom stereocenters. The van der Waals surface area contributed by atoms with Gasteiger partial charge in [-0.15, -0.1) is 6.58 Å². The Morgan fingerprint density at radius 2 is 2.26 bits per heavy atom. The van der Waals surface area contributed by atoms with E-state index in [-0.39, 0.29) is 0 Å². The lowest BCUT2D eigenvalue weighted by Crippen LogP contribution is -2.20. The number of hydrogen-bond acceptors (Lipinski definition) is 2. The number of allylic oxidation sites excluding steroid dienone is 1. The van der Waals surface area contributed by atoms with Crippen LogP contribution < -0.4 is 10.1 Å². The minimum absolute atomic E-state index is 0.298. The number of benzene rings is 1. The van der Waals surface area contributed by atoms with Crippen LogP contribution in [0.5, 0.6) is 5.75 Å². The van der Waals surface area contributed by atoms with Gasteiger partial charge in [0, 0.05) is 16.1 Å². The third-order valence-corrected chi connectivity index (χ3v) is 3.44. The smallest absolute Gasteiger partial charge is 0.124 e. The molecule has 0 aliphatic carbocycles. The average molecular weight is 326 g/mol. The summed E-state index contributed by atoms with van der Waals surface area (Å²) < 4.78 is 6.98. The van der Waals surface area contributed by atoms with Gasteiger partial charge in [-0.05, 0) is 50.9 Å². The van der Waals surface area contributed by atoms with Gasteiger partial charge in [-0.1, -0.05) is 28.9 Å². The third kappa shape index (κ3) is 5.79. The molecule has 0 bridgehead atoms. The summed E-state index contributed by atoms with van der Waals surface area (Å²) in [4.78, 5) is 0. The maximum Gasteiger partial charge on any atom is 0.124 e. The van der Waals surface area contributed by atoms with Crippen molar-refractivity contribution in [3.63, 3.8) is 0 Å². The van der Waals surface area contributed by atoms with Crippen LogP contribution >= 0.6 is 15.9 Å². The van der Waals surface area contributed by atoms with E-state index >= 15 is 0 Å². The molecule has 1 aromatic carbocycles. The van der Waals surface area contributed by atoms with E-state index in [1.165, 1.54) is 5.56 Å². The van der Waals surface area contributed by atoms with E-state index in [1.54, 1.807) is 0 Å². The number of ether oxygens (including phenoxy) is 1. The first-order chi connectivity index (χ1) is 9.19. The number of rotatable bonds is 9. The summed E-state index contributed by atoms with van der Waals surface area (Å²) >= 11 is 3.53. The van der Waals surface area contributed by atoms with Crippen molar-refractivity contribution in [2.24, 2.45) is 0 Å². The van der Waals surface area contributed by atoms with Crippen LogP contribution in [0.2, 0.25) is 0 Å². The highest BCUT2D eigenvalue weighted by Crippen LogP contribution is 2.28. The highest BCUT2D eigenvalue weighted by atomic mass is 79.9. The minimum Gasteiger partial charge on any atom is -0.493 e. The second-order valence-corrected chi connectivity index (χ2v) is 5.55. The Bertz CT molecular complexity index is 392. The third-order valence-electron chi connectivity index (χ3n) is 2.95. The fourth-order valence-corrected chi connectivity index (χ4v) is 2.25. The topological polar surface area (TPSA) is 21.3 Å². The van der Waals surface area contributed by atoms with E-state index in [9.17, 15) is 0 Å². The van der Waals surface area contributed by atoms with E-state index in [2.05, 4.69) is 47.7 Å². The molecular formula is C16H24BrNO. The molecule has 0 amide bonds. The molecule has 0 saturated heterocycles. The predicted molar refractivity (Wildman–Crippen MR) is 85.8 cm³/mol. The summed E-state index contributed by atoms with van der Waals surface area (Å²) in [6.07, 6.45) is 5.07. The largest absolute Gasteiger partial charge is 0.493 e. The predicted octanol–water partition coefficient (Wildman–Crippen LogP) is 4.85. The Morgan fingerprint density at radius 3 is 2.95 bits per heavy atom. The van der Waals surface area contributed by atoms with E-state index in [4.69, 9.17) is 4.74 Å². The molecule has 3 heteroatoms. The molecule has 1 rings (SSSR count). The molecule has 1 unspecified atom stereocenters. The molecule has 106 valence electrons. The van der Waals surface area contributed by atoms with Crippen molar-refractivity contribution in [1.82, 2.24) is 5.32 Å². The molecule has 0 aromatic heterocycles. The lowest BCUT2D eigenvalue weighted by atomic mass is 10.1. The molecule has 0 aliphatic rings. The molecule has 1 aromatic rings. The molecule has 0 heterocycles. The Labute approximate surface area is 125 Å². The Kier molecular flexibility index (Phi) is 7.84. The zero-order valence-corrected chi connectivity index (χ0v) is 13.5. The molecule has 19 heavy (non-hydrogen) atoms. The summed E-state index contributed by atoms with van der Waals surface area (Å²) in [6, 6.07) is 6.50. The molecular weight excluding hydrogens is 302 g/mol. The average Bonchev–Trinajstić information content (AvgIpc) is 2.42. The second-order valence-electron chi connectivity index (χ2n) is 4.64. The van der Waals surface area contributed by atoms with Crippen molar-refractivity contribution in [3.05, 3.63) is 40.9 Å². The van der Waals surface area contributed by atoms with Gasteiger partial charge >= 0.3 is 0 Å². The van der Waals surface area contributed by atoms with Gasteiger partial charge in [-0.25, -0.2) is 0 Å². The first-order valence-corrected chi connectivity index (χ1v) is 7.74. The number of hydrogen-bond donors (Lipinski definition) is 1. The fraction of sp³-hybridized carbons (Fsp3) is 0.500. The van der Waals surface area contributed by atoms with Crippen LogP contribution in [0.1, 0.15) is 44.7 Å². The standard InChI is InChI=1S/C16H24BrNO/c1-4-6-7-11-19-16-9-8-14(17)12-15(16)13(3)18-10-5-2/h4,8-9,12-13,18H,1,5-7,10-11H2,2-3H3. The molecule has 2 nitrogen and oxygen atoms in total. The van der Waals surface area contributed by atoms with E-state index in [1.807, 2.05) is 18.2 Å². The van der Waals surface area contributed by atoms with Crippen molar-refractivity contribution >= 4 is 15.9 Å². The van der Waals surface area contributed by atoms with Gasteiger partial charge in [-0.3, -0.25) is 0 Å². The van der Waals surface area contributed by atoms with Crippen LogP contribution in [-0.2, 0) is 0 Å². The lowest BCUT2D eigenvalue weighted by Gasteiger charge is -2.18. The fourth-order valence-electron chi connectivity index (χ4n) is 1.87.